The zero-order valence-corrected chi connectivity index (χ0v) is 23.1. The van der Waals surface area contributed by atoms with Crippen LogP contribution >= 0.6 is 11.6 Å². The summed E-state index contributed by atoms with van der Waals surface area (Å²) in [4.78, 5) is 28.7. The van der Waals surface area contributed by atoms with Gasteiger partial charge in [-0.2, -0.15) is 13.2 Å². The Morgan fingerprint density at radius 3 is 2.56 bits per heavy atom. The number of hydrogen-bond donors (Lipinski definition) is 1. The first-order valence-electron chi connectivity index (χ1n) is 12.4. The number of sulfone groups is 1. The van der Waals surface area contributed by atoms with Crippen molar-refractivity contribution in [2.45, 2.75) is 50.0 Å². The Bertz CT molecular complexity index is 1210. The molecule has 2 saturated heterocycles. The van der Waals surface area contributed by atoms with Crippen LogP contribution in [-0.2, 0) is 19.4 Å². The lowest BCUT2D eigenvalue weighted by molar-refractivity contribution is -0.146. The molecular formula is C25H31ClF5N3O4S. The fourth-order valence-corrected chi connectivity index (χ4v) is 5.84. The molecule has 0 radical (unpaired) electrons. The number of halogens is 6. The predicted molar refractivity (Wildman–Crippen MR) is 136 cm³/mol. The van der Waals surface area contributed by atoms with Gasteiger partial charge in [0, 0.05) is 61.2 Å². The Kier molecular flexibility index (Phi) is 9.70. The van der Waals surface area contributed by atoms with Gasteiger partial charge in [0.2, 0.25) is 5.91 Å². The molecular weight excluding hydrogens is 569 g/mol. The van der Waals surface area contributed by atoms with Crippen molar-refractivity contribution >= 4 is 33.3 Å². The van der Waals surface area contributed by atoms with Crippen molar-refractivity contribution in [3.63, 3.8) is 0 Å². The van der Waals surface area contributed by atoms with E-state index < -0.39 is 63.7 Å². The zero-order chi connectivity index (χ0) is 29.2. The van der Waals surface area contributed by atoms with E-state index in [2.05, 4.69) is 5.32 Å². The maximum atomic E-state index is 15.7. The molecule has 1 aromatic rings. The second-order valence-electron chi connectivity index (χ2n) is 10.3. The van der Waals surface area contributed by atoms with Gasteiger partial charge >= 0.3 is 6.18 Å². The van der Waals surface area contributed by atoms with Crippen LogP contribution in [-0.4, -0.2) is 86.9 Å². The third-order valence-electron chi connectivity index (χ3n) is 6.94. The first-order chi connectivity index (χ1) is 18.0. The topological polar surface area (TPSA) is 86.8 Å². The molecule has 1 aromatic carbocycles. The summed E-state index contributed by atoms with van der Waals surface area (Å²) in [6.45, 7) is -0.241. The van der Waals surface area contributed by atoms with E-state index >= 15 is 4.39 Å². The number of nitrogens with one attached hydrogen (secondary N) is 1. The largest absolute Gasteiger partial charge is 0.401 e. The summed E-state index contributed by atoms with van der Waals surface area (Å²) in [5, 5.41) is 3.46. The fraction of sp³-hybridized carbons (Fsp3) is 0.600. The van der Waals surface area contributed by atoms with Gasteiger partial charge in [-0.1, -0.05) is 17.7 Å². The minimum absolute atomic E-state index is 0.0840. The molecule has 7 nitrogen and oxygen atoms in total. The van der Waals surface area contributed by atoms with Crippen LogP contribution in [0.3, 0.4) is 0 Å². The van der Waals surface area contributed by atoms with Crippen LogP contribution in [0.15, 0.2) is 29.7 Å². The molecule has 4 atom stereocenters. The summed E-state index contributed by atoms with van der Waals surface area (Å²) in [5.41, 5.74) is -2.10. The third-order valence-corrected chi connectivity index (χ3v) is 7.94. The molecule has 39 heavy (non-hydrogen) atoms. The lowest BCUT2D eigenvalue weighted by Crippen LogP contribution is -2.47. The Morgan fingerprint density at radius 2 is 1.92 bits per heavy atom. The molecule has 2 aliphatic rings. The van der Waals surface area contributed by atoms with Crippen LogP contribution in [0.25, 0.3) is 0 Å². The van der Waals surface area contributed by atoms with Gasteiger partial charge in [-0.05, 0) is 43.5 Å². The van der Waals surface area contributed by atoms with Crippen molar-refractivity contribution < 1.29 is 40.0 Å². The van der Waals surface area contributed by atoms with Crippen LogP contribution < -0.4 is 5.32 Å². The third kappa shape index (κ3) is 8.62. The highest BCUT2D eigenvalue weighted by Gasteiger charge is 2.46. The quantitative estimate of drug-likeness (QED) is 0.482. The number of alkyl halides is 4. The number of benzene rings is 1. The van der Waals surface area contributed by atoms with Gasteiger partial charge in [-0.25, -0.2) is 17.2 Å². The number of nitrogens with zero attached hydrogens (tertiary/aromatic N) is 2. The Balaban J connectivity index is 1.75. The molecule has 0 bridgehead atoms. The second-order valence-corrected chi connectivity index (χ2v) is 12.6. The van der Waals surface area contributed by atoms with Crippen molar-refractivity contribution in [3.05, 3.63) is 46.1 Å². The van der Waals surface area contributed by atoms with E-state index in [9.17, 15) is 35.6 Å². The summed E-state index contributed by atoms with van der Waals surface area (Å²) >= 11 is 6.24. The van der Waals surface area contributed by atoms with E-state index in [4.69, 9.17) is 11.6 Å². The van der Waals surface area contributed by atoms with E-state index in [1.165, 1.54) is 24.0 Å². The molecule has 218 valence electrons. The van der Waals surface area contributed by atoms with Crippen molar-refractivity contribution in [3.8, 4) is 0 Å². The molecule has 2 amide bonds. The number of rotatable bonds is 7. The van der Waals surface area contributed by atoms with Crippen molar-refractivity contribution in [2.24, 2.45) is 5.92 Å². The molecule has 14 heteroatoms. The Labute approximate surface area is 229 Å². The summed E-state index contributed by atoms with van der Waals surface area (Å²) in [6.07, 6.45) is -2.75. The molecule has 0 unspecified atom stereocenters. The standard InChI is InChI=1S/C25H31ClF5N3O4S/c1-16(6-11-39(2,37)38)32-23(36)24(28)7-3-9-34(10-8-24)22(35)20-14-33(15-25(29,30)31)13-19(20)18-12-17(27)4-5-21(18)26/h4-6,11-12,16,19-20H,3,7-10,13-15H2,1-2H3,(H,32,36)/b11-6-/t16-,19+,20+,24-/m1/s1. The van der Waals surface area contributed by atoms with Crippen molar-refractivity contribution in [2.75, 3.05) is 39.0 Å². The second kappa shape index (κ2) is 12.1. The maximum absolute atomic E-state index is 15.7. The van der Waals surface area contributed by atoms with Gasteiger partial charge in [0.15, 0.2) is 15.5 Å². The monoisotopic (exact) mass is 599 g/mol. The van der Waals surface area contributed by atoms with Gasteiger partial charge < -0.3 is 10.2 Å². The summed E-state index contributed by atoms with van der Waals surface area (Å²) in [6, 6.07) is 2.75. The lowest BCUT2D eigenvalue weighted by Gasteiger charge is -2.28. The summed E-state index contributed by atoms with van der Waals surface area (Å²) in [7, 11) is -3.43. The lowest BCUT2D eigenvalue weighted by atomic mass is 9.87. The first kappa shape index (κ1) is 31.3. The number of hydrogen-bond acceptors (Lipinski definition) is 5. The average Bonchev–Trinajstić information content (AvgIpc) is 3.10. The van der Waals surface area contributed by atoms with Crippen molar-refractivity contribution in [1.29, 1.82) is 0 Å². The molecule has 2 heterocycles. The van der Waals surface area contributed by atoms with Crippen LogP contribution in [0.4, 0.5) is 22.0 Å². The van der Waals surface area contributed by atoms with Crippen LogP contribution in [0.1, 0.15) is 37.7 Å². The number of carbonyl (C=O) groups is 2. The Hall–Kier alpha value is -2.25. The molecule has 1 N–H and O–H groups in total. The highest BCUT2D eigenvalue weighted by atomic mass is 35.5. The van der Waals surface area contributed by atoms with Gasteiger partial charge in [-0.3, -0.25) is 14.5 Å². The fourth-order valence-electron chi connectivity index (χ4n) is 5.06. The zero-order valence-electron chi connectivity index (χ0n) is 21.5. The normalized spacial score (nSPS) is 26.0. The summed E-state index contributed by atoms with van der Waals surface area (Å²) < 4.78 is 91.7. The van der Waals surface area contributed by atoms with Crippen LogP contribution in [0.5, 0.6) is 0 Å². The minimum Gasteiger partial charge on any atom is -0.347 e. The van der Waals surface area contributed by atoms with E-state index in [0.717, 1.165) is 28.7 Å². The minimum atomic E-state index is -4.51. The number of amides is 2. The molecule has 0 aliphatic carbocycles. The molecule has 3 rings (SSSR count). The summed E-state index contributed by atoms with van der Waals surface area (Å²) in [5.74, 6) is -3.89. The van der Waals surface area contributed by atoms with Gasteiger partial charge in [0.1, 0.15) is 5.82 Å². The Morgan fingerprint density at radius 1 is 1.23 bits per heavy atom. The van der Waals surface area contributed by atoms with E-state index in [1.54, 1.807) is 0 Å². The molecule has 0 saturated carbocycles. The average molecular weight is 600 g/mol. The highest BCUT2D eigenvalue weighted by Crippen LogP contribution is 2.39. The predicted octanol–water partition coefficient (Wildman–Crippen LogP) is 3.84. The highest BCUT2D eigenvalue weighted by molar-refractivity contribution is 7.93. The maximum Gasteiger partial charge on any atom is 0.401 e. The molecule has 0 aromatic heterocycles. The van der Waals surface area contributed by atoms with Gasteiger partial charge in [-0.15, -0.1) is 0 Å². The van der Waals surface area contributed by atoms with E-state index in [0.29, 0.717) is 0 Å². The van der Waals surface area contributed by atoms with E-state index in [1.807, 2.05) is 0 Å². The van der Waals surface area contributed by atoms with Crippen molar-refractivity contribution in [1.82, 2.24) is 15.1 Å². The first-order valence-corrected chi connectivity index (χ1v) is 14.7. The van der Waals surface area contributed by atoms with Crippen LogP contribution in [0, 0.1) is 11.7 Å². The molecule has 2 aliphatic heterocycles. The molecule has 0 spiro atoms. The SMILES string of the molecule is C[C@H](/C=C\S(C)(=O)=O)NC(=O)[C@@]1(F)CCCN(C(=O)[C@H]2CN(CC(F)(F)F)C[C@H]2c2cc(F)ccc2Cl)CC1. The smallest absolute Gasteiger partial charge is 0.347 e. The molecule has 2 fully saturated rings. The number of likely N-dealkylation sites (tertiary alicyclic amines) is 2. The van der Waals surface area contributed by atoms with Gasteiger partial charge in [0.25, 0.3) is 5.91 Å². The van der Waals surface area contributed by atoms with Crippen LogP contribution in [0.2, 0.25) is 5.02 Å². The number of carbonyl (C=O) groups excluding carboxylic acids is 2. The van der Waals surface area contributed by atoms with Gasteiger partial charge in [0.05, 0.1) is 12.5 Å². The van der Waals surface area contributed by atoms with E-state index in [-0.39, 0.29) is 56.0 Å².